The number of anilines is 1. The van der Waals surface area contributed by atoms with E-state index < -0.39 is 0 Å². The minimum Gasteiger partial charge on any atom is -0.395 e. The molecule has 0 atom stereocenters. The fraction of sp³-hybridized carbons (Fsp3) is 0.444. The summed E-state index contributed by atoms with van der Waals surface area (Å²) in [4.78, 5) is 9.54. The first-order valence-electron chi connectivity index (χ1n) is 8.59. The average molecular weight is 342 g/mol. The molecular weight excluding hydrogens is 320 g/mol. The molecule has 0 unspecified atom stereocenters. The third-order valence-corrected chi connectivity index (χ3v) is 5.70. The molecule has 126 valence electrons. The number of hydrogen-bond donors (Lipinski definition) is 2. The molecule has 1 aliphatic rings. The van der Waals surface area contributed by atoms with Gasteiger partial charge in [0.1, 0.15) is 0 Å². The van der Waals surface area contributed by atoms with Crippen LogP contribution in [-0.4, -0.2) is 32.8 Å². The van der Waals surface area contributed by atoms with Crippen LogP contribution in [0.1, 0.15) is 42.3 Å². The summed E-state index contributed by atoms with van der Waals surface area (Å²) in [5.74, 6) is 1.45. The van der Waals surface area contributed by atoms with Crippen molar-refractivity contribution in [2.45, 2.75) is 38.1 Å². The molecule has 0 bridgehead atoms. The first-order valence-corrected chi connectivity index (χ1v) is 9.47. The van der Waals surface area contributed by atoms with Crippen LogP contribution in [0.2, 0.25) is 0 Å². The molecule has 2 N–H and O–H groups in total. The Morgan fingerprint density at radius 2 is 2.04 bits per heavy atom. The molecule has 0 amide bonds. The number of para-hydroxylation sites is 2. The molecule has 4 rings (SSSR count). The number of benzene rings is 1. The van der Waals surface area contributed by atoms with Crippen LogP contribution in [0.15, 0.2) is 29.6 Å². The van der Waals surface area contributed by atoms with Crippen LogP contribution in [0.4, 0.5) is 5.95 Å². The molecule has 1 aliphatic carbocycles. The standard InChI is InChI=1S/C18H22N4OS/c23-10-9-19-18-21-15-7-3-4-8-16(15)22(18)11-14-12-24-17(20-14)13-5-1-2-6-13/h3-4,7-8,12-13,23H,1-2,5-6,9-11H2,(H,19,21). The molecule has 0 saturated heterocycles. The van der Waals surface area contributed by atoms with E-state index in [2.05, 4.69) is 26.3 Å². The molecule has 1 saturated carbocycles. The van der Waals surface area contributed by atoms with Crippen molar-refractivity contribution in [3.8, 4) is 0 Å². The van der Waals surface area contributed by atoms with Gasteiger partial charge in [-0.2, -0.15) is 0 Å². The number of hydrogen-bond acceptors (Lipinski definition) is 5. The van der Waals surface area contributed by atoms with E-state index in [4.69, 9.17) is 10.1 Å². The maximum absolute atomic E-state index is 9.10. The third-order valence-electron chi connectivity index (χ3n) is 4.64. The maximum atomic E-state index is 9.10. The molecule has 24 heavy (non-hydrogen) atoms. The average Bonchev–Trinajstić information content (AvgIpc) is 3.33. The van der Waals surface area contributed by atoms with Gasteiger partial charge in [0.15, 0.2) is 0 Å². The number of nitrogens with zero attached hydrogens (tertiary/aromatic N) is 3. The fourth-order valence-electron chi connectivity index (χ4n) is 3.46. The van der Waals surface area contributed by atoms with Crippen LogP contribution < -0.4 is 5.32 Å². The zero-order valence-electron chi connectivity index (χ0n) is 13.6. The van der Waals surface area contributed by atoms with Gasteiger partial charge in [-0.1, -0.05) is 25.0 Å². The number of aliphatic hydroxyl groups is 1. The number of nitrogens with one attached hydrogen (secondary N) is 1. The van der Waals surface area contributed by atoms with Crippen LogP contribution in [0, 0.1) is 0 Å². The van der Waals surface area contributed by atoms with E-state index in [0.29, 0.717) is 19.0 Å². The van der Waals surface area contributed by atoms with Gasteiger partial charge in [0.2, 0.25) is 5.95 Å². The van der Waals surface area contributed by atoms with E-state index in [0.717, 1.165) is 22.7 Å². The number of rotatable bonds is 6. The second kappa shape index (κ2) is 6.91. The van der Waals surface area contributed by atoms with Crippen molar-refractivity contribution in [3.63, 3.8) is 0 Å². The molecule has 5 nitrogen and oxygen atoms in total. The number of fused-ring (bicyclic) bond motifs is 1. The minimum absolute atomic E-state index is 0.0890. The predicted molar refractivity (Wildman–Crippen MR) is 97.7 cm³/mol. The van der Waals surface area contributed by atoms with Gasteiger partial charge in [-0.3, -0.25) is 0 Å². The number of thiazole rings is 1. The van der Waals surface area contributed by atoms with Gasteiger partial charge in [0.05, 0.1) is 34.9 Å². The maximum Gasteiger partial charge on any atom is 0.204 e. The Hall–Kier alpha value is -1.92. The van der Waals surface area contributed by atoms with Crippen LogP contribution in [0.25, 0.3) is 11.0 Å². The zero-order valence-corrected chi connectivity index (χ0v) is 14.4. The van der Waals surface area contributed by atoms with Crippen molar-refractivity contribution in [2.75, 3.05) is 18.5 Å². The van der Waals surface area contributed by atoms with E-state index in [-0.39, 0.29) is 6.61 Å². The Balaban J connectivity index is 1.63. The van der Waals surface area contributed by atoms with E-state index in [1.54, 1.807) is 11.3 Å². The van der Waals surface area contributed by atoms with Crippen LogP contribution in [0.5, 0.6) is 0 Å². The lowest BCUT2D eigenvalue weighted by atomic mass is 10.1. The lowest BCUT2D eigenvalue weighted by molar-refractivity contribution is 0.310. The highest BCUT2D eigenvalue weighted by molar-refractivity contribution is 7.09. The van der Waals surface area contributed by atoms with Gasteiger partial charge >= 0.3 is 0 Å². The summed E-state index contributed by atoms with van der Waals surface area (Å²) in [6.07, 6.45) is 5.23. The van der Waals surface area contributed by atoms with Gasteiger partial charge in [-0.15, -0.1) is 11.3 Å². The molecule has 3 aromatic rings. The quantitative estimate of drug-likeness (QED) is 0.718. The van der Waals surface area contributed by atoms with Gasteiger partial charge in [-0.25, -0.2) is 9.97 Å². The lowest BCUT2D eigenvalue weighted by Gasteiger charge is -2.09. The first kappa shape index (κ1) is 15.6. The monoisotopic (exact) mass is 342 g/mol. The number of imidazole rings is 1. The summed E-state index contributed by atoms with van der Waals surface area (Å²) >= 11 is 1.79. The number of aliphatic hydroxyl groups excluding tert-OH is 1. The normalized spacial score (nSPS) is 15.4. The molecule has 0 radical (unpaired) electrons. The molecule has 2 aromatic heterocycles. The Morgan fingerprint density at radius 3 is 2.88 bits per heavy atom. The highest BCUT2D eigenvalue weighted by Gasteiger charge is 2.20. The van der Waals surface area contributed by atoms with Crippen molar-refractivity contribution in [2.24, 2.45) is 0 Å². The van der Waals surface area contributed by atoms with Gasteiger partial charge < -0.3 is 15.0 Å². The molecule has 6 heteroatoms. The van der Waals surface area contributed by atoms with E-state index in [9.17, 15) is 0 Å². The number of aromatic nitrogens is 3. The molecule has 1 aromatic carbocycles. The summed E-state index contributed by atoms with van der Waals surface area (Å²) in [5.41, 5.74) is 3.15. The summed E-state index contributed by atoms with van der Waals surface area (Å²) in [6, 6.07) is 8.12. The highest BCUT2D eigenvalue weighted by Crippen LogP contribution is 2.35. The van der Waals surface area contributed by atoms with Crippen molar-refractivity contribution in [1.29, 1.82) is 0 Å². The SMILES string of the molecule is OCCNc1nc2ccccc2n1Cc1csc(C2CCCC2)n1. The Labute approximate surface area is 145 Å². The predicted octanol–water partition coefficient (Wildman–Crippen LogP) is 3.60. The largest absolute Gasteiger partial charge is 0.395 e. The Kier molecular flexibility index (Phi) is 4.49. The zero-order chi connectivity index (χ0) is 16.4. The van der Waals surface area contributed by atoms with E-state index >= 15 is 0 Å². The van der Waals surface area contributed by atoms with Crippen LogP contribution >= 0.6 is 11.3 Å². The highest BCUT2D eigenvalue weighted by atomic mass is 32.1. The molecule has 2 heterocycles. The summed E-state index contributed by atoms with van der Waals surface area (Å²) in [7, 11) is 0. The fourth-order valence-corrected chi connectivity index (χ4v) is 4.44. The third kappa shape index (κ3) is 3.03. The van der Waals surface area contributed by atoms with Gasteiger partial charge in [0, 0.05) is 17.8 Å². The Morgan fingerprint density at radius 1 is 1.21 bits per heavy atom. The topological polar surface area (TPSA) is 63.0 Å². The second-order valence-corrected chi connectivity index (χ2v) is 7.21. The van der Waals surface area contributed by atoms with Gasteiger partial charge in [0.25, 0.3) is 0 Å². The van der Waals surface area contributed by atoms with Gasteiger partial charge in [-0.05, 0) is 25.0 Å². The van der Waals surface area contributed by atoms with E-state index in [1.807, 2.05) is 18.2 Å². The minimum atomic E-state index is 0.0890. The van der Waals surface area contributed by atoms with E-state index in [1.165, 1.54) is 30.7 Å². The summed E-state index contributed by atoms with van der Waals surface area (Å²) < 4.78 is 2.15. The first-order chi connectivity index (χ1) is 11.8. The van der Waals surface area contributed by atoms with Crippen molar-refractivity contribution in [1.82, 2.24) is 14.5 Å². The Bertz CT molecular complexity index is 819. The summed E-state index contributed by atoms with van der Waals surface area (Å²) in [6.45, 7) is 1.29. The van der Waals surface area contributed by atoms with Crippen molar-refractivity contribution < 1.29 is 5.11 Å². The van der Waals surface area contributed by atoms with Crippen LogP contribution in [-0.2, 0) is 6.54 Å². The second-order valence-electron chi connectivity index (χ2n) is 6.32. The smallest absolute Gasteiger partial charge is 0.204 e. The van der Waals surface area contributed by atoms with Crippen LogP contribution in [0.3, 0.4) is 0 Å². The molecule has 1 fully saturated rings. The summed E-state index contributed by atoms with van der Waals surface area (Å²) in [5, 5.41) is 15.8. The molecule has 0 spiro atoms. The van der Waals surface area contributed by atoms with Crippen molar-refractivity contribution in [3.05, 3.63) is 40.3 Å². The lowest BCUT2D eigenvalue weighted by Crippen LogP contribution is -2.12. The molecular formula is C18H22N4OS. The van der Waals surface area contributed by atoms with Crippen molar-refractivity contribution >= 4 is 28.3 Å². The molecule has 0 aliphatic heterocycles.